The molecule has 1 saturated carbocycles. The second-order valence-electron chi connectivity index (χ2n) is 9.26. The lowest BCUT2D eigenvalue weighted by Gasteiger charge is -2.25. The van der Waals surface area contributed by atoms with Gasteiger partial charge in [-0.2, -0.15) is 0 Å². The third-order valence-corrected chi connectivity index (χ3v) is 6.40. The highest BCUT2D eigenvalue weighted by Crippen LogP contribution is 2.32. The first-order valence-electron chi connectivity index (χ1n) is 13.7. The molecule has 2 aromatic rings. The van der Waals surface area contributed by atoms with E-state index < -0.39 is 41.5 Å². The Labute approximate surface area is 243 Å². The first-order chi connectivity index (χ1) is 20.2. The molecule has 0 amide bonds. The van der Waals surface area contributed by atoms with Gasteiger partial charge in [0.1, 0.15) is 35.8 Å². The van der Waals surface area contributed by atoms with E-state index in [1.54, 1.807) is 6.92 Å². The van der Waals surface area contributed by atoms with Gasteiger partial charge in [0.05, 0.1) is 25.0 Å². The molecule has 0 saturated heterocycles. The van der Waals surface area contributed by atoms with Gasteiger partial charge in [-0.05, 0) is 69.9 Å². The first kappa shape index (κ1) is 32.2. The second kappa shape index (κ2) is 16.2. The normalized spacial score (nSPS) is 16.1. The van der Waals surface area contributed by atoms with Gasteiger partial charge in [-0.1, -0.05) is 0 Å². The average Bonchev–Trinajstić information content (AvgIpc) is 2.99. The van der Waals surface area contributed by atoms with Crippen LogP contribution in [0, 0.1) is 24.0 Å². The minimum Gasteiger partial charge on any atom is -0.507 e. The molecule has 1 fully saturated rings. The fourth-order valence-corrected chi connectivity index (χ4v) is 4.16. The standard InChI is InChI=1S/C30H34O12/c1-3-37-13-15-39-29(35)23-17-21(9-11-25(23)31)41-27(33)19-5-7-20(8-6-19)28(34)42-22-10-12-26(32)24(18-22)30(36)40-16-14-38-4-2/h9,11,17-20,31-32H,3-8,13-16H2,1-2H3. The molecule has 0 radical (unpaired) electrons. The molecule has 12 nitrogen and oxygen atoms in total. The zero-order chi connectivity index (χ0) is 30.5. The summed E-state index contributed by atoms with van der Waals surface area (Å²) < 4.78 is 31.1. The van der Waals surface area contributed by atoms with Crippen molar-refractivity contribution >= 4 is 23.9 Å². The number of ether oxygens (including phenoxy) is 6. The van der Waals surface area contributed by atoms with Crippen LogP contribution in [0.3, 0.4) is 0 Å². The summed E-state index contributed by atoms with van der Waals surface area (Å²) in [6.45, 7) is 4.95. The topological polar surface area (TPSA) is 164 Å². The number of esters is 4. The smallest absolute Gasteiger partial charge is 0.342 e. The van der Waals surface area contributed by atoms with Crippen LogP contribution in [0.2, 0.25) is 0 Å². The average molecular weight is 587 g/mol. The van der Waals surface area contributed by atoms with Crippen LogP contribution in [-0.4, -0.2) is 73.7 Å². The lowest BCUT2D eigenvalue weighted by atomic mass is 9.82. The summed E-state index contributed by atoms with van der Waals surface area (Å²) in [5.41, 5.74) is -0.371. The van der Waals surface area contributed by atoms with Gasteiger partial charge < -0.3 is 38.6 Å². The van der Waals surface area contributed by atoms with Crippen molar-refractivity contribution < 1.29 is 57.8 Å². The van der Waals surface area contributed by atoms with E-state index in [1.165, 1.54) is 18.2 Å². The van der Waals surface area contributed by atoms with Gasteiger partial charge in [-0.15, -0.1) is 0 Å². The highest BCUT2D eigenvalue weighted by atomic mass is 16.6. The van der Waals surface area contributed by atoms with Gasteiger partial charge in [0, 0.05) is 19.3 Å². The highest BCUT2D eigenvalue weighted by molar-refractivity contribution is 5.93. The highest BCUT2D eigenvalue weighted by Gasteiger charge is 2.32. The van der Waals surface area contributed by atoms with E-state index in [0.717, 1.165) is 6.07 Å². The van der Waals surface area contributed by atoms with Crippen LogP contribution in [0.1, 0.15) is 60.2 Å². The molecule has 42 heavy (non-hydrogen) atoms. The van der Waals surface area contributed by atoms with Crippen LogP contribution in [0.25, 0.3) is 0 Å². The molecule has 0 unspecified atom stereocenters. The van der Waals surface area contributed by atoms with Crippen LogP contribution in [0.5, 0.6) is 23.0 Å². The number of hydrogen-bond acceptors (Lipinski definition) is 12. The zero-order valence-corrected chi connectivity index (χ0v) is 23.5. The number of carbonyl (C=O) groups is 4. The van der Waals surface area contributed by atoms with E-state index in [9.17, 15) is 29.4 Å². The quantitative estimate of drug-likeness (QED) is 0.189. The number of rotatable bonds is 14. The molecule has 2 aromatic carbocycles. The zero-order valence-electron chi connectivity index (χ0n) is 23.5. The Morgan fingerprint density at radius 2 is 1.29 bits per heavy atom. The Balaban J connectivity index is 1.50. The molecule has 3 rings (SSSR count). The second-order valence-corrected chi connectivity index (χ2v) is 9.26. The number of carbonyl (C=O) groups excluding carboxylic acids is 4. The third kappa shape index (κ3) is 9.36. The maximum atomic E-state index is 12.8. The summed E-state index contributed by atoms with van der Waals surface area (Å²) >= 11 is 0. The Morgan fingerprint density at radius 3 is 1.86 bits per heavy atom. The molecule has 0 spiro atoms. The van der Waals surface area contributed by atoms with Crippen molar-refractivity contribution in [1.82, 2.24) is 0 Å². The molecule has 0 aliphatic heterocycles. The monoisotopic (exact) mass is 586 g/mol. The summed E-state index contributed by atoms with van der Waals surface area (Å²) in [5.74, 6) is -4.54. The Kier molecular flexibility index (Phi) is 12.4. The maximum absolute atomic E-state index is 12.8. The largest absolute Gasteiger partial charge is 0.507 e. The number of phenols is 1. The molecule has 0 bridgehead atoms. The van der Waals surface area contributed by atoms with Crippen LogP contribution < -0.4 is 9.47 Å². The molecule has 1 aliphatic carbocycles. The lowest BCUT2D eigenvalue weighted by Crippen LogP contribution is -2.30. The molecule has 0 atom stereocenters. The van der Waals surface area contributed by atoms with Gasteiger partial charge in [-0.3, -0.25) is 9.59 Å². The van der Waals surface area contributed by atoms with Crippen molar-refractivity contribution in [3.8, 4) is 23.0 Å². The number of benzene rings is 1. The van der Waals surface area contributed by atoms with Crippen molar-refractivity contribution in [3.05, 3.63) is 47.5 Å². The summed E-state index contributed by atoms with van der Waals surface area (Å²) in [4.78, 5) is 50.0. The van der Waals surface area contributed by atoms with E-state index in [-0.39, 0.29) is 54.8 Å². The van der Waals surface area contributed by atoms with Crippen molar-refractivity contribution in [2.75, 3.05) is 39.6 Å². The van der Waals surface area contributed by atoms with Gasteiger partial charge >= 0.3 is 23.9 Å². The van der Waals surface area contributed by atoms with Gasteiger partial charge in [0.2, 0.25) is 0 Å². The van der Waals surface area contributed by atoms with Crippen LogP contribution in [0.4, 0.5) is 0 Å². The molecule has 12 heteroatoms. The molecular formula is C30H34O12. The van der Waals surface area contributed by atoms with Crippen molar-refractivity contribution in [2.24, 2.45) is 11.8 Å². The molecular weight excluding hydrogens is 552 g/mol. The van der Waals surface area contributed by atoms with Crippen LogP contribution in [0.15, 0.2) is 24.3 Å². The fraction of sp³-hybridized carbons (Fsp3) is 0.467. The summed E-state index contributed by atoms with van der Waals surface area (Å²) in [6.07, 6.45) is 1.40. The van der Waals surface area contributed by atoms with E-state index in [4.69, 9.17) is 28.4 Å². The molecule has 226 valence electrons. The molecule has 0 aromatic heterocycles. The van der Waals surface area contributed by atoms with Crippen LogP contribution in [-0.2, 0) is 28.5 Å². The summed E-state index contributed by atoms with van der Waals surface area (Å²) in [7, 11) is 0. The van der Waals surface area contributed by atoms with Crippen molar-refractivity contribution in [3.63, 3.8) is 0 Å². The van der Waals surface area contributed by atoms with Gasteiger partial charge in [-0.25, -0.2) is 9.59 Å². The number of hydrogen-bond donors (Lipinski definition) is 2. The van der Waals surface area contributed by atoms with E-state index in [1.807, 2.05) is 6.92 Å². The predicted molar refractivity (Wildman–Crippen MR) is 144 cm³/mol. The maximum Gasteiger partial charge on any atom is 0.342 e. The molecule has 1 aliphatic rings. The Bertz CT molecular complexity index is 1140. The SMILES string of the molecule is CCOCCOC(=O)c1cc(OC(=O)C2CCC(C(=O)Oc3ccc(O)c(C(=O)OCCOCC)c3)CC2)c#cc1O. The summed E-state index contributed by atoms with van der Waals surface area (Å²) in [5, 5.41) is 20.0. The fourth-order valence-electron chi connectivity index (χ4n) is 4.16. The van der Waals surface area contributed by atoms with E-state index in [0.29, 0.717) is 38.9 Å². The predicted octanol–water partition coefficient (Wildman–Crippen LogP) is 3.40. The Hall–Kier alpha value is -4.34. The van der Waals surface area contributed by atoms with E-state index in [2.05, 4.69) is 12.1 Å². The van der Waals surface area contributed by atoms with Crippen molar-refractivity contribution in [1.29, 1.82) is 0 Å². The minimum atomic E-state index is -0.826. The Morgan fingerprint density at radius 1 is 0.738 bits per heavy atom. The van der Waals surface area contributed by atoms with Gasteiger partial charge in [0.15, 0.2) is 11.5 Å². The number of phenolic OH excluding ortho intramolecular Hbond substituents is 1. The summed E-state index contributed by atoms with van der Waals surface area (Å²) in [6, 6.07) is 9.80. The lowest BCUT2D eigenvalue weighted by molar-refractivity contribution is -0.145. The van der Waals surface area contributed by atoms with Gasteiger partial charge in [0.25, 0.3) is 0 Å². The minimum absolute atomic E-state index is 0.00744. The number of aromatic hydroxyl groups is 2. The third-order valence-electron chi connectivity index (χ3n) is 6.40. The first-order valence-corrected chi connectivity index (χ1v) is 13.7. The molecule has 0 heterocycles. The van der Waals surface area contributed by atoms with E-state index >= 15 is 0 Å². The molecule has 2 N–H and O–H groups in total. The van der Waals surface area contributed by atoms with Crippen LogP contribution >= 0.6 is 0 Å². The van der Waals surface area contributed by atoms with Crippen molar-refractivity contribution in [2.45, 2.75) is 39.5 Å².